The van der Waals surface area contributed by atoms with Gasteiger partial charge in [-0.15, -0.1) is 0 Å². The summed E-state index contributed by atoms with van der Waals surface area (Å²) in [6.45, 7) is 2.11. The van der Waals surface area contributed by atoms with Crippen molar-refractivity contribution in [3.05, 3.63) is 100 Å². The maximum Gasteiger partial charge on any atom is 0.459 e. The van der Waals surface area contributed by atoms with E-state index < -0.39 is 40.9 Å². The summed E-state index contributed by atoms with van der Waals surface area (Å²) in [4.78, 5) is 17.0. The Morgan fingerprint density at radius 3 is 2.27 bits per heavy atom. The summed E-state index contributed by atoms with van der Waals surface area (Å²) in [5.41, 5.74) is -1.14. The minimum absolute atomic E-state index is 0.0806. The number of amides is 1. The van der Waals surface area contributed by atoms with Gasteiger partial charge in [0.1, 0.15) is 11.5 Å². The first-order valence-electron chi connectivity index (χ1n) is 11.5. The molecule has 0 aliphatic rings. The lowest BCUT2D eigenvalue weighted by Gasteiger charge is -2.21. The van der Waals surface area contributed by atoms with E-state index in [0.29, 0.717) is 23.3 Å². The molecule has 40 heavy (non-hydrogen) atoms. The Hall–Kier alpha value is -4.39. The van der Waals surface area contributed by atoms with Gasteiger partial charge >= 0.3 is 12.1 Å². The quantitative estimate of drug-likeness (QED) is 0.229. The topological polar surface area (TPSA) is 77.1 Å². The van der Waals surface area contributed by atoms with Crippen molar-refractivity contribution >= 4 is 29.0 Å². The lowest BCUT2D eigenvalue weighted by molar-refractivity contribution is -0.291. The average Bonchev–Trinajstić information content (AvgIpc) is 3.47. The number of benzene rings is 2. The number of nitrogens with one attached hydrogen (secondary N) is 1. The molecule has 0 fully saturated rings. The van der Waals surface area contributed by atoms with Crippen LogP contribution in [0.15, 0.2) is 66.7 Å². The van der Waals surface area contributed by atoms with E-state index >= 15 is 0 Å². The molecule has 0 atom stereocenters. The third kappa shape index (κ3) is 5.24. The number of hydrogen-bond donors (Lipinski definition) is 1. The molecule has 14 heteroatoms. The van der Waals surface area contributed by atoms with Crippen LogP contribution in [0.5, 0.6) is 0 Å². The predicted molar refractivity (Wildman–Crippen MR) is 134 cm³/mol. The van der Waals surface area contributed by atoms with Crippen molar-refractivity contribution in [3.8, 4) is 11.3 Å². The van der Waals surface area contributed by atoms with E-state index in [-0.39, 0.29) is 21.6 Å². The monoisotopic (exact) mass is 578 g/mol. The Morgan fingerprint density at radius 1 is 0.950 bits per heavy atom. The van der Waals surface area contributed by atoms with Crippen molar-refractivity contribution in [2.45, 2.75) is 25.6 Å². The number of fused-ring (bicyclic) bond motifs is 1. The zero-order valence-corrected chi connectivity index (χ0v) is 21.1. The Bertz CT molecular complexity index is 1710. The molecule has 2 aromatic carbocycles. The lowest BCUT2D eigenvalue weighted by atomic mass is 10.1. The first kappa shape index (κ1) is 27.2. The summed E-state index contributed by atoms with van der Waals surface area (Å²) < 4.78 is 84.4. The van der Waals surface area contributed by atoms with Gasteiger partial charge in [-0.2, -0.15) is 32.1 Å². The normalized spacial score (nSPS) is 12.2. The Kier molecular flexibility index (Phi) is 6.78. The molecular formula is C26H17ClF6N6O. The molecular weight excluding hydrogens is 562 g/mol. The van der Waals surface area contributed by atoms with Gasteiger partial charge in [0.05, 0.1) is 12.2 Å². The fourth-order valence-corrected chi connectivity index (χ4v) is 4.02. The maximum atomic E-state index is 14.6. The zero-order valence-electron chi connectivity index (χ0n) is 20.3. The number of hydrogen-bond acceptors (Lipinski definition) is 4. The summed E-state index contributed by atoms with van der Waals surface area (Å²) in [6.07, 6.45) is -5.97. The Labute approximate surface area is 227 Å². The van der Waals surface area contributed by atoms with Crippen LogP contribution in [-0.2, 0) is 12.5 Å². The summed E-state index contributed by atoms with van der Waals surface area (Å²) in [6, 6.07) is 14.4. The number of nitrogens with zero attached hydrogens (tertiary/aromatic N) is 5. The van der Waals surface area contributed by atoms with Crippen molar-refractivity contribution in [2.24, 2.45) is 0 Å². The predicted octanol–water partition coefficient (Wildman–Crippen LogP) is 6.65. The highest BCUT2D eigenvalue weighted by Gasteiger charge is 2.60. The molecule has 3 aromatic heterocycles. The van der Waals surface area contributed by atoms with Crippen molar-refractivity contribution in [1.82, 2.24) is 24.4 Å². The molecule has 0 bridgehead atoms. The van der Waals surface area contributed by atoms with Crippen LogP contribution in [0, 0.1) is 12.7 Å². The molecule has 0 aliphatic carbocycles. The average molecular weight is 579 g/mol. The molecule has 0 unspecified atom stereocenters. The lowest BCUT2D eigenvalue weighted by Crippen LogP contribution is -2.36. The second kappa shape index (κ2) is 9.97. The number of alkyl halides is 5. The molecule has 0 aliphatic heterocycles. The number of aromatic nitrogens is 5. The highest BCUT2D eigenvalue weighted by Crippen LogP contribution is 2.44. The molecule has 5 rings (SSSR count). The Balaban J connectivity index is 1.49. The highest BCUT2D eigenvalue weighted by atomic mass is 35.5. The summed E-state index contributed by atoms with van der Waals surface area (Å²) in [7, 11) is 0. The van der Waals surface area contributed by atoms with Crippen LogP contribution < -0.4 is 5.32 Å². The third-order valence-electron chi connectivity index (χ3n) is 5.95. The second-order valence-corrected chi connectivity index (χ2v) is 9.25. The molecule has 0 radical (unpaired) electrons. The molecule has 1 amide bonds. The SMILES string of the molecule is Cc1cc(NC(=O)c2cc3nc(-c4ccc(F)cc4)cc(C(F)(F)C(F)(F)F)n3n2)nn1Cc1ccc(Cl)cc1. The standard InChI is InChI=1S/C26H17ClF6N6O/c1-14-10-22(37-38(14)13-15-2-6-17(27)7-3-15)35-24(40)20-12-23-34-19(16-4-8-18(28)9-5-16)11-21(39(23)36-20)25(29,30)26(31,32)33/h2-12H,13H2,1H3,(H,35,37,40). The van der Waals surface area contributed by atoms with Crippen LogP contribution in [0.4, 0.5) is 32.2 Å². The van der Waals surface area contributed by atoms with Gasteiger partial charge in [0.2, 0.25) is 0 Å². The molecule has 0 saturated heterocycles. The minimum Gasteiger partial charge on any atom is -0.304 e. The second-order valence-electron chi connectivity index (χ2n) is 8.81. The first-order chi connectivity index (χ1) is 18.8. The van der Waals surface area contributed by atoms with Crippen LogP contribution >= 0.6 is 11.6 Å². The van der Waals surface area contributed by atoms with Crippen molar-refractivity contribution in [2.75, 3.05) is 5.32 Å². The van der Waals surface area contributed by atoms with Gasteiger partial charge in [-0.05, 0) is 55.0 Å². The number of anilines is 1. The van der Waals surface area contributed by atoms with Crippen molar-refractivity contribution < 1.29 is 31.1 Å². The van der Waals surface area contributed by atoms with E-state index in [0.717, 1.165) is 23.8 Å². The molecule has 0 saturated carbocycles. The number of carbonyl (C=O) groups excluding carboxylic acids is 1. The van der Waals surface area contributed by atoms with Gasteiger partial charge < -0.3 is 5.32 Å². The van der Waals surface area contributed by atoms with E-state index in [2.05, 4.69) is 20.5 Å². The van der Waals surface area contributed by atoms with Crippen LogP contribution in [0.25, 0.3) is 16.9 Å². The highest BCUT2D eigenvalue weighted by molar-refractivity contribution is 6.30. The molecule has 206 valence electrons. The largest absolute Gasteiger partial charge is 0.459 e. The van der Waals surface area contributed by atoms with Crippen LogP contribution in [0.1, 0.15) is 27.4 Å². The molecule has 5 aromatic rings. The van der Waals surface area contributed by atoms with Gasteiger partial charge in [-0.3, -0.25) is 9.48 Å². The third-order valence-corrected chi connectivity index (χ3v) is 6.20. The van der Waals surface area contributed by atoms with Gasteiger partial charge in [0.15, 0.2) is 17.2 Å². The van der Waals surface area contributed by atoms with Crippen molar-refractivity contribution in [3.63, 3.8) is 0 Å². The van der Waals surface area contributed by atoms with Crippen molar-refractivity contribution in [1.29, 1.82) is 0 Å². The number of carbonyl (C=O) groups is 1. The number of halogens is 7. The smallest absolute Gasteiger partial charge is 0.304 e. The molecule has 7 nitrogen and oxygen atoms in total. The van der Waals surface area contributed by atoms with Gasteiger partial charge in [-0.25, -0.2) is 13.9 Å². The summed E-state index contributed by atoms with van der Waals surface area (Å²) in [5.74, 6) is -6.79. The van der Waals surface area contributed by atoms with E-state index in [1.54, 1.807) is 41.9 Å². The molecule has 0 spiro atoms. The fraction of sp³-hybridized carbons (Fsp3) is 0.154. The number of rotatable bonds is 6. The maximum absolute atomic E-state index is 14.6. The van der Waals surface area contributed by atoms with Crippen LogP contribution in [-0.4, -0.2) is 36.5 Å². The van der Waals surface area contributed by atoms with Crippen LogP contribution in [0.2, 0.25) is 5.02 Å². The van der Waals surface area contributed by atoms with Crippen LogP contribution in [0.3, 0.4) is 0 Å². The van der Waals surface area contributed by atoms with E-state index in [9.17, 15) is 31.1 Å². The minimum atomic E-state index is -5.97. The Morgan fingerprint density at radius 2 is 1.62 bits per heavy atom. The van der Waals surface area contributed by atoms with E-state index in [4.69, 9.17) is 11.6 Å². The van der Waals surface area contributed by atoms with Gasteiger partial charge in [0.25, 0.3) is 5.91 Å². The first-order valence-corrected chi connectivity index (χ1v) is 11.9. The fourth-order valence-electron chi connectivity index (χ4n) is 3.90. The summed E-state index contributed by atoms with van der Waals surface area (Å²) in [5, 5.41) is 11.0. The number of aryl methyl sites for hydroxylation is 1. The van der Waals surface area contributed by atoms with E-state index in [1.165, 1.54) is 12.1 Å². The molecule has 3 heterocycles. The van der Waals surface area contributed by atoms with E-state index in [1.807, 2.05) is 0 Å². The molecule has 1 N–H and O–H groups in total. The van der Waals surface area contributed by atoms with Gasteiger partial charge in [-0.1, -0.05) is 23.7 Å². The van der Waals surface area contributed by atoms with Gasteiger partial charge in [0, 0.05) is 28.4 Å². The summed E-state index contributed by atoms with van der Waals surface area (Å²) >= 11 is 5.90. The zero-order chi connectivity index (χ0) is 28.8.